The summed E-state index contributed by atoms with van der Waals surface area (Å²) < 4.78 is 5.15. The molecule has 2 rings (SSSR count). The van der Waals surface area contributed by atoms with Crippen molar-refractivity contribution in [2.24, 2.45) is 5.16 Å². The molecular formula is C15H18ClN3O4. The molecule has 0 bridgehead atoms. The second-order valence-corrected chi connectivity index (χ2v) is 5.26. The van der Waals surface area contributed by atoms with Crippen molar-refractivity contribution >= 4 is 29.1 Å². The second-order valence-electron chi connectivity index (χ2n) is 4.85. The highest BCUT2D eigenvalue weighted by Gasteiger charge is 2.30. The molecule has 1 aliphatic heterocycles. The van der Waals surface area contributed by atoms with Gasteiger partial charge in [0, 0.05) is 18.5 Å². The van der Waals surface area contributed by atoms with E-state index in [1.807, 2.05) is 0 Å². The summed E-state index contributed by atoms with van der Waals surface area (Å²) in [6, 6.07) is 5.17. The number of carbonyl (C=O) groups excluding carboxylic acids is 2. The van der Waals surface area contributed by atoms with Gasteiger partial charge in [0.05, 0.1) is 24.4 Å². The van der Waals surface area contributed by atoms with Crippen LogP contribution in [0.4, 0.5) is 0 Å². The van der Waals surface area contributed by atoms with Crippen molar-refractivity contribution < 1.29 is 19.2 Å². The molecule has 0 aliphatic carbocycles. The summed E-state index contributed by atoms with van der Waals surface area (Å²) in [5, 5.41) is 9.52. The molecule has 0 fully saturated rings. The number of likely N-dealkylation sites (N-methyl/N-ethyl adjacent to an activating group) is 1. The molecule has 8 heteroatoms. The number of hydrogen-bond acceptors (Lipinski definition) is 5. The van der Waals surface area contributed by atoms with Crippen molar-refractivity contribution in [3.05, 3.63) is 28.8 Å². The maximum absolute atomic E-state index is 12.0. The summed E-state index contributed by atoms with van der Waals surface area (Å²) in [7, 11) is 1.55. The highest BCUT2D eigenvalue weighted by atomic mass is 35.5. The van der Waals surface area contributed by atoms with Crippen molar-refractivity contribution in [3.8, 4) is 5.75 Å². The number of oxime groups is 1. The topological polar surface area (TPSA) is 89.0 Å². The highest BCUT2D eigenvalue weighted by Crippen LogP contribution is 2.26. The van der Waals surface area contributed by atoms with E-state index < -0.39 is 12.0 Å². The summed E-state index contributed by atoms with van der Waals surface area (Å²) in [6.45, 7) is 2.22. The zero-order valence-electron chi connectivity index (χ0n) is 12.9. The lowest BCUT2D eigenvalue weighted by Crippen LogP contribution is -2.41. The van der Waals surface area contributed by atoms with E-state index in [-0.39, 0.29) is 18.9 Å². The molecule has 1 atom stereocenters. The number of carbonyl (C=O) groups is 2. The average Bonchev–Trinajstić information content (AvgIpc) is 3.03. The number of rotatable bonds is 6. The monoisotopic (exact) mass is 339 g/mol. The first-order valence-electron chi connectivity index (χ1n) is 7.16. The molecule has 2 amide bonds. The van der Waals surface area contributed by atoms with Crippen LogP contribution in [0.25, 0.3) is 0 Å². The van der Waals surface area contributed by atoms with Crippen LogP contribution in [0.3, 0.4) is 0 Å². The van der Waals surface area contributed by atoms with Crippen LogP contribution >= 0.6 is 11.6 Å². The fourth-order valence-electron chi connectivity index (χ4n) is 2.07. The maximum atomic E-state index is 12.0. The molecule has 23 heavy (non-hydrogen) atoms. The van der Waals surface area contributed by atoms with Gasteiger partial charge in [-0.05, 0) is 25.1 Å². The molecule has 1 unspecified atom stereocenters. The number of ether oxygens (including phenoxy) is 1. The lowest BCUT2D eigenvalue weighted by atomic mass is 10.0. The normalized spacial score (nSPS) is 16.3. The van der Waals surface area contributed by atoms with Crippen LogP contribution in [0, 0.1) is 0 Å². The van der Waals surface area contributed by atoms with Crippen LogP contribution in [0.1, 0.15) is 18.9 Å². The number of nitrogens with one attached hydrogen (secondary N) is 2. The Labute approximate surface area is 139 Å². The van der Waals surface area contributed by atoms with Gasteiger partial charge < -0.3 is 20.2 Å². The number of halogens is 1. The Balaban J connectivity index is 1.95. The van der Waals surface area contributed by atoms with Gasteiger partial charge in [0.25, 0.3) is 5.91 Å². The summed E-state index contributed by atoms with van der Waals surface area (Å²) in [6.07, 6.45) is -0.504. The highest BCUT2D eigenvalue weighted by molar-refractivity contribution is 6.34. The third kappa shape index (κ3) is 4.35. The van der Waals surface area contributed by atoms with E-state index in [0.717, 1.165) is 0 Å². The minimum absolute atomic E-state index is 0.0955. The lowest BCUT2D eigenvalue weighted by molar-refractivity contribution is -0.133. The van der Waals surface area contributed by atoms with E-state index in [4.69, 9.17) is 21.2 Å². The minimum Gasteiger partial charge on any atom is -0.497 e. The van der Waals surface area contributed by atoms with Crippen LogP contribution in [-0.2, 0) is 14.4 Å². The van der Waals surface area contributed by atoms with Crippen LogP contribution in [-0.4, -0.2) is 43.8 Å². The van der Waals surface area contributed by atoms with Crippen LogP contribution in [0.15, 0.2) is 23.4 Å². The Bertz CT molecular complexity index is 633. The molecule has 2 N–H and O–H groups in total. The van der Waals surface area contributed by atoms with Gasteiger partial charge in [-0.25, -0.2) is 0 Å². The van der Waals surface area contributed by atoms with Crippen molar-refractivity contribution in [1.82, 2.24) is 10.6 Å². The molecule has 1 aliphatic rings. The molecular weight excluding hydrogens is 322 g/mol. The molecule has 124 valence electrons. The van der Waals surface area contributed by atoms with Gasteiger partial charge in [0.2, 0.25) is 12.0 Å². The molecule has 0 saturated heterocycles. The Morgan fingerprint density at radius 1 is 1.43 bits per heavy atom. The predicted octanol–water partition coefficient (Wildman–Crippen LogP) is 1.09. The van der Waals surface area contributed by atoms with E-state index in [1.165, 1.54) is 0 Å². The molecule has 0 saturated carbocycles. The predicted molar refractivity (Wildman–Crippen MR) is 85.7 cm³/mol. The van der Waals surface area contributed by atoms with Gasteiger partial charge in [0.15, 0.2) is 0 Å². The number of methoxy groups -OCH3 is 1. The second kappa shape index (κ2) is 7.82. The molecule has 0 aromatic heterocycles. The molecule has 0 radical (unpaired) electrons. The van der Waals surface area contributed by atoms with E-state index in [2.05, 4.69) is 15.8 Å². The first-order chi connectivity index (χ1) is 11.0. The summed E-state index contributed by atoms with van der Waals surface area (Å²) in [4.78, 5) is 28.5. The molecule has 1 aromatic rings. The number of amides is 2. The molecule has 0 spiro atoms. The largest absolute Gasteiger partial charge is 0.497 e. The first-order valence-corrected chi connectivity index (χ1v) is 7.54. The Hall–Kier alpha value is -2.28. The lowest BCUT2D eigenvalue weighted by Gasteiger charge is -2.09. The third-order valence-corrected chi connectivity index (χ3v) is 3.57. The van der Waals surface area contributed by atoms with Crippen molar-refractivity contribution in [3.63, 3.8) is 0 Å². The van der Waals surface area contributed by atoms with Crippen molar-refractivity contribution in [1.29, 1.82) is 0 Å². The Morgan fingerprint density at radius 2 is 2.22 bits per heavy atom. The molecule has 1 aromatic carbocycles. The zero-order chi connectivity index (χ0) is 16.8. The van der Waals surface area contributed by atoms with E-state index >= 15 is 0 Å². The first kappa shape index (κ1) is 17.1. The van der Waals surface area contributed by atoms with Crippen molar-refractivity contribution in [2.75, 3.05) is 20.2 Å². The number of benzene rings is 1. The minimum atomic E-state index is -0.776. The quantitative estimate of drug-likeness (QED) is 0.812. The van der Waals surface area contributed by atoms with Gasteiger partial charge in [-0.15, -0.1) is 0 Å². The van der Waals surface area contributed by atoms with Gasteiger partial charge in [-0.1, -0.05) is 16.8 Å². The van der Waals surface area contributed by atoms with Gasteiger partial charge in [-0.2, -0.15) is 0 Å². The smallest absolute Gasteiger partial charge is 0.264 e. The van der Waals surface area contributed by atoms with Gasteiger partial charge >= 0.3 is 0 Å². The van der Waals surface area contributed by atoms with Gasteiger partial charge in [0.1, 0.15) is 5.75 Å². The van der Waals surface area contributed by atoms with Crippen LogP contribution < -0.4 is 15.4 Å². The SMILES string of the molecule is CCNC(=O)CNC(=O)C1CC(c2cc(OC)ccc2Cl)=NO1. The van der Waals surface area contributed by atoms with E-state index in [9.17, 15) is 9.59 Å². The summed E-state index contributed by atoms with van der Waals surface area (Å²) in [5.41, 5.74) is 1.22. The third-order valence-electron chi connectivity index (χ3n) is 3.24. The van der Waals surface area contributed by atoms with Crippen molar-refractivity contribution in [2.45, 2.75) is 19.4 Å². The Kier molecular flexibility index (Phi) is 5.81. The fourth-order valence-corrected chi connectivity index (χ4v) is 2.30. The van der Waals surface area contributed by atoms with Crippen LogP contribution in [0.5, 0.6) is 5.75 Å². The summed E-state index contributed by atoms with van der Waals surface area (Å²) in [5.74, 6) is -0.0129. The molecule has 7 nitrogen and oxygen atoms in total. The summed E-state index contributed by atoms with van der Waals surface area (Å²) >= 11 is 6.15. The van der Waals surface area contributed by atoms with Gasteiger partial charge in [-0.3, -0.25) is 9.59 Å². The maximum Gasteiger partial charge on any atom is 0.264 e. The number of nitrogens with zero attached hydrogens (tertiary/aromatic N) is 1. The number of hydrogen-bond donors (Lipinski definition) is 2. The molecule has 1 heterocycles. The van der Waals surface area contributed by atoms with E-state index in [0.29, 0.717) is 28.6 Å². The van der Waals surface area contributed by atoms with E-state index in [1.54, 1.807) is 32.2 Å². The van der Waals surface area contributed by atoms with Crippen LogP contribution in [0.2, 0.25) is 5.02 Å². The zero-order valence-corrected chi connectivity index (χ0v) is 13.6. The standard InChI is InChI=1S/C15H18ClN3O4/c1-3-17-14(20)8-18-15(21)13-7-12(19-23-13)10-6-9(22-2)4-5-11(10)16/h4-6,13H,3,7-8H2,1-2H3,(H,17,20)(H,18,21). The Morgan fingerprint density at radius 3 is 2.91 bits per heavy atom. The fraction of sp³-hybridized carbons (Fsp3) is 0.400. The average molecular weight is 340 g/mol.